The molecule has 1 aliphatic rings. The Balaban J connectivity index is 0.00000144. The molecule has 94 valence electrons. The molecule has 1 aliphatic carbocycles. The van der Waals surface area contributed by atoms with E-state index >= 15 is 0 Å². The van der Waals surface area contributed by atoms with Gasteiger partial charge in [0, 0.05) is 6.42 Å². The van der Waals surface area contributed by atoms with E-state index in [1.54, 1.807) is 18.3 Å². The normalized spacial score (nSPS) is 15.3. The second kappa shape index (κ2) is 6.45. The molecule has 17 heavy (non-hydrogen) atoms. The largest absolute Gasteiger partial charge is 0.384 e. The van der Waals surface area contributed by atoms with E-state index in [0.717, 1.165) is 5.69 Å². The fourth-order valence-electron chi connectivity index (χ4n) is 2.17. The Hall–Kier alpha value is -1.29. The van der Waals surface area contributed by atoms with Gasteiger partial charge in [0.05, 0.1) is 11.9 Å². The number of pyridine rings is 1. The summed E-state index contributed by atoms with van der Waals surface area (Å²) in [5.74, 6) is 1.12. The fourth-order valence-corrected chi connectivity index (χ4v) is 2.17. The summed E-state index contributed by atoms with van der Waals surface area (Å²) in [6.45, 7) is 0. The Bertz CT molecular complexity index is 361. The van der Waals surface area contributed by atoms with Crippen LogP contribution >= 0.6 is 12.4 Å². The lowest BCUT2D eigenvalue weighted by atomic mass is 10.0. The molecule has 0 aromatic carbocycles. The molecule has 1 aromatic heterocycles. The summed E-state index contributed by atoms with van der Waals surface area (Å²) in [5.41, 5.74) is 6.19. The van der Waals surface area contributed by atoms with Crippen molar-refractivity contribution in [3.05, 3.63) is 18.3 Å². The molecule has 0 spiro atoms. The number of nitrogens with one attached hydrogen (secondary N) is 1. The molecule has 2 rings (SSSR count). The Kier molecular flexibility index (Phi) is 5.22. The van der Waals surface area contributed by atoms with Crippen LogP contribution in [0.3, 0.4) is 0 Å². The predicted octanol–water partition coefficient (Wildman–Crippen LogP) is 2.60. The van der Waals surface area contributed by atoms with Crippen LogP contribution in [0, 0.1) is 5.92 Å². The average molecular weight is 256 g/mol. The van der Waals surface area contributed by atoms with Crippen LogP contribution in [0.5, 0.6) is 0 Å². The summed E-state index contributed by atoms with van der Waals surface area (Å²) in [5, 5.41) is 2.84. The monoisotopic (exact) mass is 255 g/mol. The van der Waals surface area contributed by atoms with Crippen molar-refractivity contribution in [3.8, 4) is 0 Å². The van der Waals surface area contributed by atoms with Crippen LogP contribution in [-0.4, -0.2) is 10.9 Å². The number of rotatable bonds is 3. The first-order chi connectivity index (χ1) is 7.74. The first-order valence-electron chi connectivity index (χ1n) is 5.75. The van der Waals surface area contributed by atoms with Crippen molar-refractivity contribution in [2.24, 2.45) is 5.92 Å². The maximum absolute atomic E-state index is 11.7. The maximum atomic E-state index is 11.7. The summed E-state index contributed by atoms with van der Waals surface area (Å²) >= 11 is 0. The SMILES string of the molecule is Cl.Nc1ccc(NC(=O)CC2CCCC2)cn1. The molecule has 3 N–H and O–H groups in total. The van der Waals surface area contributed by atoms with Gasteiger partial charge < -0.3 is 11.1 Å². The van der Waals surface area contributed by atoms with Crippen LogP contribution in [0.1, 0.15) is 32.1 Å². The van der Waals surface area contributed by atoms with Gasteiger partial charge in [0.25, 0.3) is 0 Å². The van der Waals surface area contributed by atoms with Crippen LogP contribution in [0.25, 0.3) is 0 Å². The number of nitrogen functional groups attached to an aromatic ring is 1. The second-order valence-corrected chi connectivity index (χ2v) is 4.37. The van der Waals surface area contributed by atoms with Crippen molar-refractivity contribution < 1.29 is 4.79 Å². The van der Waals surface area contributed by atoms with E-state index in [1.165, 1.54) is 25.7 Å². The molecule has 1 amide bonds. The molecule has 1 saturated carbocycles. The lowest BCUT2D eigenvalue weighted by Gasteiger charge is -2.09. The number of nitrogens with zero attached hydrogens (tertiary/aromatic N) is 1. The summed E-state index contributed by atoms with van der Waals surface area (Å²) < 4.78 is 0. The van der Waals surface area contributed by atoms with Gasteiger partial charge in [0.1, 0.15) is 5.82 Å². The number of carbonyl (C=O) groups is 1. The van der Waals surface area contributed by atoms with Crippen LogP contribution in [0.15, 0.2) is 18.3 Å². The van der Waals surface area contributed by atoms with Crippen LogP contribution in [0.4, 0.5) is 11.5 Å². The zero-order chi connectivity index (χ0) is 11.4. The Morgan fingerprint density at radius 1 is 1.41 bits per heavy atom. The smallest absolute Gasteiger partial charge is 0.224 e. The molecule has 4 nitrogen and oxygen atoms in total. The van der Waals surface area contributed by atoms with Gasteiger partial charge in [0.2, 0.25) is 5.91 Å². The van der Waals surface area contributed by atoms with Gasteiger partial charge in [-0.05, 0) is 30.9 Å². The number of carbonyl (C=O) groups excluding carboxylic acids is 1. The van der Waals surface area contributed by atoms with Crippen molar-refractivity contribution >= 4 is 29.8 Å². The van der Waals surface area contributed by atoms with Gasteiger partial charge >= 0.3 is 0 Å². The third-order valence-electron chi connectivity index (χ3n) is 3.02. The van der Waals surface area contributed by atoms with E-state index in [1.807, 2.05) is 0 Å². The van der Waals surface area contributed by atoms with E-state index < -0.39 is 0 Å². The van der Waals surface area contributed by atoms with Crippen molar-refractivity contribution in [3.63, 3.8) is 0 Å². The minimum atomic E-state index is 0. The molecular weight excluding hydrogens is 238 g/mol. The van der Waals surface area contributed by atoms with E-state index in [-0.39, 0.29) is 18.3 Å². The van der Waals surface area contributed by atoms with Gasteiger partial charge in [-0.25, -0.2) is 4.98 Å². The summed E-state index contributed by atoms with van der Waals surface area (Å²) in [6.07, 6.45) is 7.12. The number of amides is 1. The zero-order valence-electron chi connectivity index (χ0n) is 9.69. The first kappa shape index (κ1) is 13.8. The topological polar surface area (TPSA) is 68.0 Å². The minimum Gasteiger partial charge on any atom is -0.384 e. The van der Waals surface area contributed by atoms with Gasteiger partial charge in [-0.15, -0.1) is 12.4 Å². The van der Waals surface area contributed by atoms with Gasteiger partial charge in [0.15, 0.2) is 0 Å². The number of anilines is 2. The van der Waals surface area contributed by atoms with Crippen LogP contribution in [0.2, 0.25) is 0 Å². The quantitative estimate of drug-likeness (QED) is 0.872. The van der Waals surface area contributed by atoms with Crippen LogP contribution < -0.4 is 11.1 Å². The molecule has 1 heterocycles. The lowest BCUT2D eigenvalue weighted by molar-refractivity contribution is -0.117. The van der Waals surface area contributed by atoms with Gasteiger partial charge in [-0.3, -0.25) is 4.79 Å². The summed E-state index contributed by atoms with van der Waals surface area (Å²) in [7, 11) is 0. The highest BCUT2D eigenvalue weighted by molar-refractivity contribution is 5.90. The molecule has 1 aromatic rings. The molecule has 0 aliphatic heterocycles. The number of halogens is 1. The fraction of sp³-hybridized carbons (Fsp3) is 0.500. The molecular formula is C12H18ClN3O. The van der Waals surface area contributed by atoms with Crippen molar-refractivity contribution in [1.29, 1.82) is 0 Å². The Morgan fingerprint density at radius 2 is 2.12 bits per heavy atom. The third kappa shape index (κ3) is 4.23. The molecule has 5 heteroatoms. The van der Waals surface area contributed by atoms with E-state index in [0.29, 0.717) is 18.2 Å². The molecule has 0 atom stereocenters. The van der Waals surface area contributed by atoms with Crippen molar-refractivity contribution in [2.45, 2.75) is 32.1 Å². The highest BCUT2D eigenvalue weighted by Gasteiger charge is 2.18. The van der Waals surface area contributed by atoms with E-state index in [4.69, 9.17) is 5.73 Å². The van der Waals surface area contributed by atoms with Crippen molar-refractivity contribution in [2.75, 3.05) is 11.1 Å². The maximum Gasteiger partial charge on any atom is 0.224 e. The van der Waals surface area contributed by atoms with Crippen LogP contribution in [-0.2, 0) is 4.79 Å². The molecule has 1 fully saturated rings. The Morgan fingerprint density at radius 3 is 2.71 bits per heavy atom. The van der Waals surface area contributed by atoms with E-state index in [9.17, 15) is 4.79 Å². The number of hydrogen-bond donors (Lipinski definition) is 2. The standard InChI is InChI=1S/C12H17N3O.ClH/c13-11-6-5-10(8-14-11)15-12(16)7-9-3-1-2-4-9;/h5-6,8-9H,1-4,7H2,(H2,13,14)(H,15,16);1H. The zero-order valence-corrected chi connectivity index (χ0v) is 10.5. The third-order valence-corrected chi connectivity index (χ3v) is 3.02. The summed E-state index contributed by atoms with van der Waals surface area (Å²) in [6, 6.07) is 3.46. The predicted molar refractivity (Wildman–Crippen MR) is 71.1 cm³/mol. The van der Waals surface area contributed by atoms with Gasteiger partial charge in [-0.1, -0.05) is 12.8 Å². The minimum absolute atomic E-state index is 0. The first-order valence-corrected chi connectivity index (χ1v) is 5.75. The molecule has 0 radical (unpaired) electrons. The lowest BCUT2D eigenvalue weighted by Crippen LogP contribution is -2.15. The summed E-state index contributed by atoms with van der Waals surface area (Å²) in [4.78, 5) is 15.6. The number of nitrogens with two attached hydrogens (primary N) is 1. The highest BCUT2D eigenvalue weighted by atomic mass is 35.5. The molecule has 0 bridgehead atoms. The molecule has 0 saturated heterocycles. The number of hydrogen-bond acceptors (Lipinski definition) is 3. The molecule has 0 unspecified atom stereocenters. The van der Waals surface area contributed by atoms with Gasteiger partial charge in [-0.2, -0.15) is 0 Å². The second-order valence-electron chi connectivity index (χ2n) is 4.37. The average Bonchev–Trinajstić information content (AvgIpc) is 2.74. The highest BCUT2D eigenvalue weighted by Crippen LogP contribution is 2.27. The van der Waals surface area contributed by atoms with Crippen molar-refractivity contribution in [1.82, 2.24) is 4.98 Å². The Labute approximate surface area is 107 Å². The van der Waals surface area contributed by atoms with E-state index in [2.05, 4.69) is 10.3 Å². The number of aromatic nitrogens is 1.